The van der Waals surface area contributed by atoms with Gasteiger partial charge in [0.25, 0.3) is 0 Å². The standard InChI is InChI=1S/C20H22/c1-19(2,3)18-14-8-4-6-10-16(14)20(12-13-20)17-11-7-5-9-15(17)18/h4-11,18H,12-13H2,1-3H3. The van der Waals surface area contributed by atoms with Crippen LogP contribution in [-0.4, -0.2) is 0 Å². The molecule has 0 amide bonds. The summed E-state index contributed by atoms with van der Waals surface area (Å²) in [5.74, 6) is 0.515. The van der Waals surface area contributed by atoms with Gasteiger partial charge in [-0.15, -0.1) is 0 Å². The van der Waals surface area contributed by atoms with Crippen LogP contribution in [0.4, 0.5) is 0 Å². The van der Waals surface area contributed by atoms with Gasteiger partial charge in [-0.2, -0.15) is 0 Å². The molecule has 0 unspecified atom stereocenters. The van der Waals surface area contributed by atoms with Crippen molar-refractivity contribution in [2.75, 3.05) is 0 Å². The third-order valence-corrected chi connectivity index (χ3v) is 5.19. The minimum atomic E-state index is 0.253. The van der Waals surface area contributed by atoms with Crippen molar-refractivity contribution in [2.24, 2.45) is 5.41 Å². The van der Waals surface area contributed by atoms with Crippen molar-refractivity contribution in [1.29, 1.82) is 0 Å². The number of fused-ring (bicyclic) bond motifs is 4. The largest absolute Gasteiger partial charge is 0.0620 e. The van der Waals surface area contributed by atoms with E-state index in [-0.39, 0.29) is 5.41 Å². The summed E-state index contributed by atoms with van der Waals surface area (Å²) >= 11 is 0. The maximum absolute atomic E-state index is 2.37. The van der Waals surface area contributed by atoms with Crippen LogP contribution in [0.2, 0.25) is 0 Å². The summed E-state index contributed by atoms with van der Waals surface area (Å²) in [7, 11) is 0. The van der Waals surface area contributed by atoms with Crippen molar-refractivity contribution in [3.63, 3.8) is 0 Å². The van der Waals surface area contributed by atoms with E-state index in [2.05, 4.69) is 69.3 Å². The fourth-order valence-corrected chi connectivity index (χ4v) is 4.28. The van der Waals surface area contributed by atoms with Gasteiger partial charge in [-0.1, -0.05) is 69.3 Å². The van der Waals surface area contributed by atoms with Gasteiger partial charge in [0.05, 0.1) is 0 Å². The number of rotatable bonds is 0. The van der Waals surface area contributed by atoms with Crippen LogP contribution < -0.4 is 0 Å². The van der Waals surface area contributed by atoms with E-state index in [1.807, 2.05) is 0 Å². The highest BCUT2D eigenvalue weighted by molar-refractivity contribution is 5.60. The highest BCUT2D eigenvalue weighted by Gasteiger charge is 2.53. The molecule has 0 bridgehead atoms. The van der Waals surface area contributed by atoms with Crippen LogP contribution in [0.25, 0.3) is 0 Å². The lowest BCUT2D eigenvalue weighted by atomic mass is 9.63. The normalized spacial score (nSPS) is 19.6. The topological polar surface area (TPSA) is 0 Å². The van der Waals surface area contributed by atoms with Crippen molar-refractivity contribution in [2.45, 2.75) is 44.9 Å². The zero-order chi connectivity index (χ0) is 14.0. The first-order valence-corrected chi connectivity index (χ1v) is 7.73. The summed E-state index contributed by atoms with van der Waals surface area (Å²) in [4.78, 5) is 0. The van der Waals surface area contributed by atoms with Gasteiger partial charge in [-0.05, 0) is 40.5 Å². The fourth-order valence-electron chi connectivity index (χ4n) is 4.28. The molecule has 2 aromatic rings. The van der Waals surface area contributed by atoms with Gasteiger partial charge in [-0.25, -0.2) is 0 Å². The maximum atomic E-state index is 2.37. The van der Waals surface area contributed by atoms with E-state index < -0.39 is 0 Å². The molecule has 4 rings (SSSR count). The van der Waals surface area contributed by atoms with Crippen LogP contribution in [-0.2, 0) is 5.41 Å². The van der Waals surface area contributed by atoms with E-state index in [0.29, 0.717) is 11.3 Å². The lowest BCUT2D eigenvalue weighted by Crippen LogP contribution is -2.30. The van der Waals surface area contributed by atoms with Gasteiger partial charge in [-0.3, -0.25) is 0 Å². The monoisotopic (exact) mass is 262 g/mol. The first-order valence-electron chi connectivity index (χ1n) is 7.73. The highest BCUT2D eigenvalue weighted by atomic mass is 14.6. The average molecular weight is 262 g/mol. The number of hydrogen-bond acceptors (Lipinski definition) is 0. The molecule has 102 valence electrons. The Labute approximate surface area is 121 Å². The average Bonchev–Trinajstić information content (AvgIpc) is 3.19. The lowest BCUT2D eigenvalue weighted by molar-refractivity contribution is 0.349. The van der Waals surface area contributed by atoms with Crippen molar-refractivity contribution < 1.29 is 0 Å². The van der Waals surface area contributed by atoms with E-state index in [0.717, 1.165) is 0 Å². The van der Waals surface area contributed by atoms with Crippen molar-refractivity contribution in [3.8, 4) is 0 Å². The molecule has 1 fully saturated rings. The van der Waals surface area contributed by atoms with Crippen molar-refractivity contribution in [1.82, 2.24) is 0 Å². The lowest BCUT2D eigenvalue weighted by Gasteiger charge is -2.41. The van der Waals surface area contributed by atoms with E-state index >= 15 is 0 Å². The summed E-state index contributed by atoms with van der Waals surface area (Å²) in [6.07, 6.45) is 2.63. The van der Waals surface area contributed by atoms with E-state index in [1.54, 1.807) is 22.3 Å². The van der Waals surface area contributed by atoms with E-state index in [1.165, 1.54) is 12.8 Å². The molecule has 2 aliphatic rings. The summed E-state index contributed by atoms with van der Waals surface area (Å²) in [5, 5.41) is 0. The van der Waals surface area contributed by atoms with Gasteiger partial charge in [0, 0.05) is 11.3 Å². The van der Waals surface area contributed by atoms with Gasteiger partial charge in [0.2, 0.25) is 0 Å². The predicted molar refractivity (Wildman–Crippen MR) is 84.2 cm³/mol. The van der Waals surface area contributed by atoms with Crippen molar-refractivity contribution >= 4 is 0 Å². The maximum Gasteiger partial charge on any atom is 0.0209 e. The van der Waals surface area contributed by atoms with Crippen LogP contribution in [0.5, 0.6) is 0 Å². The Kier molecular flexibility index (Phi) is 2.29. The van der Waals surface area contributed by atoms with E-state index in [9.17, 15) is 0 Å². The van der Waals surface area contributed by atoms with Gasteiger partial charge < -0.3 is 0 Å². The predicted octanol–water partition coefficient (Wildman–Crippen LogP) is 5.26. The van der Waals surface area contributed by atoms with Gasteiger partial charge in [0.15, 0.2) is 0 Å². The quantitative estimate of drug-likeness (QED) is 0.607. The van der Waals surface area contributed by atoms with Crippen molar-refractivity contribution in [3.05, 3.63) is 70.8 Å². The number of hydrogen-bond donors (Lipinski definition) is 0. The molecule has 0 radical (unpaired) electrons. The Morgan fingerprint density at radius 3 is 1.65 bits per heavy atom. The molecule has 0 saturated heterocycles. The first kappa shape index (κ1) is 12.2. The summed E-state index contributed by atoms with van der Waals surface area (Å²) in [6.45, 7) is 7.11. The van der Waals surface area contributed by atoms with Crippen LogP contribution in [0.3, 0.4) is 0 Å². The molecule has 0 aliphatic heterocycles. The molecule has 1 saturated carbocycles. The molecule has 0 heteroatoms. The van der Waals surface area contributed by atoms with Gasteiger partial charge in [0.1, 0.15) is 0 Å². The van der Waals surface area contributed by atoms with Crippen LogP contribution in [0.15, 0.2) is 48.5 Å². The number of benzene rings is 2. The Balaban J connectivity index is 2.05. The van der Waals surface area contributed by atoms with Gasteiger partial charge >= 0.3 is 0 Å². The first-order chi connectivity index (χ1) is 9.54. The van der Waals surface area contributed by atoms with Crippen LogP contribution >= 0.6 is 0 Å². The summed E-state index contributed by atoms with van der Waals surface area (Å²) in [6, 6.07) is 18.3. The second kappa shape index (κ2) is 3.75. The molecule has 2 aliphatic carbocycles. The zero-order valence-electron chi connectivity index (χ0n) is 12.6. The second-order valence-corrected chi connectivity index (χ2v) is 7.56. The molecular formula is C20H22. The molecule has 1 spiro atoms. The third kappa shape index (κ3) is 1.48. The summed E-state index contributed by atoms with van der Waals surface area (Å²) in [5.41, 5.74) is 6.92. The molecule has 0 heterocycles. The Bertz CT molecular complexity index is 619. The van der Waals surface area contributed by atoms with Crippen LogP contribution in [0.1, 0.15) is 61.8 Å². The molecule has 2 aromatic carbocycles. The molecule has 0 atom stereocenters. The minimum Gasteiger partial charge on any atom is -0.0620 e. The molecule has 0 N–H and O–H groups in total. The minimum absolute atomic E-state index is 0.253. The Morgan fingerprint density at radius 2 is 1.25 bits per heavy atom. The molecular weight excluding hydrogens is 240 g/mol. The zero-order valence-corrected chi connectivity index (χ0v) is 12.6. The second-order valence-electron chi connectivity index (χ2n) is 7.56. The van der Waals surface area contributed by atoms with E-state index in [4.69, 9.17) is 0 Å². The fraction of sp³-hybridized carbons (Fsp3) is 0.400. The molecule has 0 aromatic heterocycles. The molecule has 20 heavy (non-hydrogen) atoms. The SMILES string of the molecule is CC(C)(C)C1c2ccccc2C2(CC2)c2ccccc21. The highest BCUT2D eigenvalue weighted by Crippen LogP contribution is 2.62. The molecule has 0 nitrogen and oxygen atoms in total. The third-order valence-electron chi connectivity index (χ3n) is 5.19. The Morgan fingerprint density at radius 1 is 0.800 bits per heavy atom. The van der Waals surface area contributed by atoms with Crippen LogP contribution in [0, 0.1) is 5.41 Å². The Hall–Kier alpha value is -1.56. The smallest absolute Gasteiger partial charge is 0.0209 e. The summed E-state index contributed by atoms with van der Waals surface area (Å²) < 4.78 is 0.